The van der Waals surface area contributed by atoms with Crippen molar-refractivity contribution in [2.24, 2.45) is 0 Å². The van der Waals surface area contributed by atoms with Gasteiger partial charge in [0.2, 0.25) is 0 Å². The summed E-state index contributed by atoms with van der Waals surface area (Å²) in [5.41, 5.74) is 5.56. The Hall–Kier alpha value is -2.49. The Morgan fingerprint density at radius 3 is 2.87 bits per heavy atom. The van der Waals surface area contributed by atoms with Gasteiger partial charge in [-0.05, 0) is 61.3 Å². The van der Waals surface area contributed by atoms with Crippen molar-refractivity contribution in [3.8, 4) is 0 Å². The smallest absolute Gasteiger partial charge is 0.252 e. The first-order chi connectivity index (χ1) is 14.5. The summed E-state index contributed by atoms with van der Waals surface area (Å²) in [6.45, 7) is 8.54. The van der Waals surface area contributed by atoms with Crippen LogP contribution in [0, 0.1) is 6.92 Å². The Balaban J connectivity index is 1.38. The normalized spacial score (nSPS) is 23.1. The molecule has 0 aromatic carbocycles. The van der Waals surface area contributed by atoms with Crippen molar-refractivity contribution >= 4 is 25.4 Å². The number of aromatic nitrogens is 2. The summed E-state index contributed by atoms with van der Waals surface area (Å²) in [5.74, 6) is 0.176. The van der Waals surface area contributed by atoms with E-state index in [1.807, 2.05) is 34.6 Å². The van der Waals surface area contributed by atoms with Gasteiger partial charge in [0.1, 0.15) is 5.65 Å². The molecule has 3 aliphatic heterocycles. The number of allylic oxidation sites excluding steroid dienone is 2. The van der Waals surface area contributed by atoms with Crippen LogP contribution in [0.2, 0.25) is 0 Å². The molecule has 30 heavy (non-hydrogen) atoms. The maximum atomic E-state index is 13.0. The van der Waals surface area contributed by atoms with Gasteiger partial charge in [0.05, 0.1) is 11.5 Å². The fourth-order valence-corrected chi connectivity index (χ4v) is 5.70. The third kappa shape index (κ3) is 3.57. The van der Waals surface area contributed by atoms with Gasteiger partial charge in [0.15, 0.2) is 0 Å². The average molecular weight is 418 g/mol. The van der Waals surface area contributed by atoms with E-state index in [1.54, 1.807) is 0 Å². The van der Waals surface area contributed by atoms with Crippen LogP contribution in [0.15, 0.2) is 66.2 Å². The van der Waals surface area contributed by atoms with Crippen LogP contribution < -0.4 is 0 Å². The van der Waals surface area contributed by atoms with Gasteiger partial charge in [0, 0.05) is 43.8 Å². The van der Waals surface area contributed by atoms with E-state index < -0.39 is 0 Å². The van der Waals surface area contributed by atoms with Gasteiger partial charge in [0.25, 0.3) is 5.91 Å². The molecule has 0 spiro atoms. The molecule has 0 bridgehead atoms. The molecule has 3 aliphatic rings. The number of imidazole rings is 1. The Morgan fingerprint density at radius 2 is 2.10 bits per heavy atom. The molecule has 5 rings (SSSR count). The van der Waals surface area contributed by atoms with Gasteiger partial charge in [-0.15, -0.1) is 0 Å². The van der Waals surface area contributed by atoms with Gasteiger partial charge >= 0.3 is 0 Å². The molecule has 5 heterocycles. The van der Waals surface area contributed by atoms with Gasteiger partial charge in [-0.1, -0.05) is 26.8 Å². The van der Waals surface area contributed by atoms with Crippen LogP contribution in [0.25, 0.3) is 11.0 Å². The van der Waals surface area contributed by atoms with E-state index in [2.05, 4.69) is 60.4 Å². The maximum absolute atomic E-state index is 13.0. The molecule has 6 heteroatoms. The number of amides is 1. The lowest BCUT2D eigenvalue weighted by molar-refractivity contribution is -0.123. The zero-order chi connectivity index (χ0) is 20.8. The molecule has 0 saturated carbocycles. The minimum Gasteiger partial charge on any atom is -0.306 e. The van der Waals surface area contributed by atoms with Gasteiger partial charge in [-0.25, -0.2) is 4.98 Å². The highest BCUT2D eigenvalue weighted by Gasteiger charge is 2.29. The third-order valence-electron chi connectivity index (χ3n) is 6.09. The molecule has 0 saturated heterocycles. The van der Waals surface area contributed by atoms with Crippen LogP contribution in [-0.2, 0) is 4.79 Å². The van der Waals surface area contributed by atoms with E-state index in [0.29, 0.717) is 14.6 Å². The minimum absolute atomic E-state index is 0.0673. The number of hydrogen-bond acceptors (Lipinski definition) is 3. The monoisotopic (exact) mass is 418 g/mol. The van der Waals surface area contributed by atoms with Crippen LogP contribution in [0.3, 0.4) is 0 Å². The quantitative estimate of drug-likeness (QED) is 0.697. The summed E-state index contributed by atoms with van der Waals surface area (Å²) in [6, 6.07) is 4.67. The predicted molar refractivity (Wildman–Crippen MR) is 123 cm³/mol. The van der Waals surface area contributed by atoms with E-state index in [0.717, 1.165) is 41.7 Å². The van der Waals surface area contributed by atoms with E-state index in [9.17, 15) is 4.79 Å². The van der Waals surface area contributed by atoms with Crippen molar-refractivity contribution in [1.29, 1.82) is 0 Å². The molecule has 2 aromatic heterocycles. The largest absolute Gasteiger partial charge is 0.306 e. The number of carbonyl (C=O) groups excluding carboxylic acids is 1. The number of carbonyl (C=O) groups is 1. The first-order valence-electron chi connectivity index (χ1n) is 10.6. The second kappa shape index (κ2) is 7.64. The average Bonchev–Trinajstić information content (AvgIpc) is 3.12. The fraction of sp³-hybridized carbons (Fsp3) is 0.333. The SMILES string of the molecule is Cc1cn2cc(C3=CC(=O)N4C=C(C5=CCN(C(C)C)CC5)C=CC4P3)ccc2n1. The molecule has 5 nitrogen and oxygen atoms in total. The van der Waals surface area contributed by atoms with Gasteiger partial charge < -0.3 is 9.30 Å². The lowest BCUT2D eigenvalue weighted by atomic mass is 9.97. The summed E-state index contributed by atoms with van der Waals surface area (Å²) < 4.78 is 2.04. The summed E-state index contributed by atoms with van der Waals surface area (Å²) in [6.07, 6.45) is 15.7. The first-order valence-corrected chi connectivity index (χ1v) is 11.7. The number of hydrogen-bond donors (Lipinski definition) is 0. The lowest BCUT2D eigenvalue weighted by Gasteiger charge is -2.35. The summed E-state index contributed by atoms with van der Waals surface area (Å²) in [5, 5.41) is 1.11. The number of fused-ring (bicyclic) bond motifs is 2. The van der Waals surface area contributed by atoms with Crippen LogP contribution in [0.4, 0.5) is 0 Å². The number of rotatable bonds is 3. The van der Waals surface area contributed by atoms with Crippen molar-refractivity contribution in [2.75, 3.05) is 13.1 Å². The molecule has 0 aliphatic carbocycles. The number of nitrogens with zero attached hydrogens (tertiary/aromatic N) is 4. The highest BCUT2D eigenvalue weighted by atomic mass is 31.1. The van der Waals surface area contributed by atoms with Crippen molar-refractivity contribution in [3.63, 3.8) is 0 Å². The summed E-state index contributed by atoms with van der Waals surface area (Å²) >= 11 is 0. The molecule has 2 aromatic rings. The first kappa shape index (κ1) is 19.5. The Bertz CT molecular complexity index is 1140. The molecule has 1 amide bonds. The molecular formula is C24H27N4OP. The van der Waals surface area contributed by atoms with Crippen molar-refractivity contribution in [3.05, 3.63) is 77.4 Å². The van der Waals surface area contributed by atoms with Crippen LogP contribution >= 0.6 is 8.58 Å². The summed E-state index contributed by atoms with van der Waals surface area (Å²) in [4.78, 5) is 21.9. The van der Waals surface area contributed by atoms with Gasteiger partial charge in [-0.3, -0.25) is 9.69 Å². The van der Waals surface area contributed by atoms with Crippen LogP contribution in [-0.4, -0.2) is 50.0 Å². The highest BCUT2D eigenvalue weighted by Crippen LogP contribution is 2.45. The van der Waals surface area contributed by atoms with Crippen LogP contribution in [0.5, 0.6) is 0 Å². The van der Waals surface area contributed by atoms with E-state index in [-0.39, 0.29) is 11.7 Å². The highest BCUT2D eigenvalue weighted by molar-refractivity contribution is 7.51. The third-order valence-corrected chi connectivity index (χ3v) is 7.60. The molecule has 2 atom stereocenters. The van der Waals surface area contributed by atoms with Crippen molar-refractivity contribution < 1.29 is 4.79 Å². The predicted octanol–water partition coefficient (Wildman–Crippen LogP) is 4.32. The van der Waals surface area contributed by atoms with Crippen molar-refractivity contribution in [2.45, 2.75) is 39.0 Å². The maximum Gasteiger partial charge on any atom is 0.252 e. The van der Waals surface area contributed by atoms with E-state index in [1.165, 1.54) is 11.1 Å². The van der Waals surface area contributed by atoms with E-state index in [4.69, 9.17) is 0 Å². The summed E-state index contributed by atoms with van der Waals surface area (Å²) in [7, 11) is 0.528. The standard InChI is InChI=1S/C24H27N4OP/c1-16(2)26-10-8-18(9-11-26)19-5-7-24-28(15-19)23(29)12-21(30-24)20-4-6-22-25-17(3)13-27(22)14-20/h4-8,12-16,24,30H,9-11H2,1-3H3. The second-order valence-corrected chi connectivity index (χ2v) is 9.89. The fourth-order valence-electron chi connectivity index (χ4n) is 4.33. The minimum atomic E-state index is 0.0673. The lowest BCUT2D eigenvalue weighted by Crippen LogP contribution is -2.37. The van der Waals surface area contributed by atoms with Crippen LogP contribution in [0.1, 0.15) is 31.5 Å². The molecule has 154 valence electrons. The van der Waals surface area contributed by atoms with E-state index >= 15 is 0 Å². The Labute approximate surface area is 179 Å². The molecule has 0 fully saturated rings. The molecular weight excluding hydrogens is 391 g/mol. The Morgan fingerprint density at radius 1 is 1.23 bits per heavy atom. The molecule has 0 N–H and O–H groups in total. The molecule has 2 unspecified atom stereocenters. The second-order valence-electron chi connectivity index (χ2n) is 8.47. The number of aryl methyl sites for hydroxylation is 1. The topological polar surface area (TPSA) is 40.9 Å². The number of pyridine rings is 1. The zero-order valence-electron chi connectivity index (χ0n) is 17.7. The Kier molecular flexibility index (Phi) is 4.96. The molecule has 0 radical (unpaired) electrons. The zero-order valence-corrected chi connectivity index (χ0v) is 18.7. The van der Waals surface area contributed by atoms with Gasteiger partial charge in [-0.2, -0.15) is 0 Å². The van der Waals surface area contributed by atoms with Crippen molar-refractivity contribution in [1.82, 2.24) is 19.2 Å².